The van der Waals surface area contributed by atoms with Crippen molar-refractivity contribution >= 4 is 0 Å². The third-order valence-corrected chi connectivity index (χ3v) is 2.29. The fourth-order valence-corrected chi connectivity index (χ4v) is 1.45. The van der Waals surface area contributed by atoms with Crippen molar-refractivity contribution in [2.75, 3.05) is 6.61 Å². The molecular weight excluding hydrogens is 186 g/mol. The summed E-state index contributed by atoms with van der Waals surface area (Å²) in [5.41, 5.74) is 8.60. The molecule has 0 heterocycles. The highest BCUT2D eigenvalue weighted by atomic mass is 16.2. The van der Waals surface area contributed by atoms with Crippen LogP contribution in [0.15, 0.2) is 23.3 Å². The van der Waals surface area contributed by atoms with Gasteiger partial charge in [0.1, 0.15) is 0 Å². The molecule has 0 aromatic carbocycles. The molecule has 0 saturated heterocycles. The fourth-order valence-electron chi connectivity index (χ4n) is 1.45. The predicted octanol–water partition coefficient (Wildman–Crippen LogP) is 2.78. The van der Waals surface area contributed by atoms with Crippen molar-refractivity contribution in [1.82, 2.24) is 0 Å². The average molecular weight is 211 g/mol. The number of aliphatic hydroxyl groups is 1. The zero-order valence-corrected chi connectivity index (χ0v) is 10.3. The molecule has 88 valence electrons. The molecule has 0 rings (SSSR count). The van der Waals surface area contributed by atoms with Gasteiger partial charge in [-0.3, -0.25) is 0 Å². The Hall–Kier alpha value is -0.600. The molecule has 0 spiro atoms. The van der Waals surface area contributed by atoms with Crippen molar-refractivity contribution in [3.63, 3.8) is 0 Å². The van der Waals surface area contributed by atoms with E-state index in [9.17, 15) is 0 Å². The van der Waals surface area contributed by atoms with Gasteiger partial charge in [0, 0.05) is 12.6 Å². The Morgan fingerprint density at radius 1 is 1.33 bits per heavy atom. The van der Waals surface area contributed by atoms with Crippen LogP contribution in [-0.4, -0.2) is 17.8 Å². The lowest BCUT2D eigenvalue weighted by atomic mass is 10.1. The highest BCUT2D eigenvalue weighted by molar-refractivity contribution is 5.05. The molecule has 0 aromatic rings. The standard InChI is InChI=1S/C13H25NO/c1-11(2)6-4-7-12(3)10-13(14)8-5-9-15/h6,10,13,15H,4-5,7-9,14H2,1-3H3/b12-10+. The maximum absolute atomic E-state index is 8.67. The minimum atomic E-state index is 0.101. The fraction of sp³-hybridized carbons (Fsp3) is 0.692. The Bertz CT molecular complexity index is 215. The summed E-state index contributed by atoms with van der Waals surface area (Å²) < 4.78 is 0. The number of aliphatic hydroxyl groups excluding tert-OH is 1. The monoisotopic (exact) mass is 211 g/mol. The first-order valence-corrected chi connectivity index (χ1v) is 5.73. The molecule has 1 atom stereocenters. The molecule has 3 N–H and O–H groups in total. The summed E-state index contributed by atoms with van der Waals surface area (Å²) in [6, 6.07) is 0.101. The zero-order valence-electron chi connectivity index (χ0n) is 10.3. The Morgan fingerprint density at radius 3 is 2.53 bits per heavy atom. The van der Waals surface area contributed by atoms with Gasteiger partial charge in [0.25, 0.3) is 0 Å². The first-order chi connectivity index (χ1) is 7.06. The van der Waals surface area contributed by atoms with Gasteiger partial charge >= 0.3 is 0 Å². The molecule has 0 aliphatic carbocycles. The quantitative estimate of drug-likeness (QED) is 0.636. The van der Waals surface area contributed by atoms with Gasteiger partial charge in [-0.1, -0.05) is 23.3 Å². The van der Waals surface area contributed by atoms with Crippen molar-refractivity contribution in [2.45, 2.75) is 52.5 Å². The van der Waals surface area contributed by atoms with E-state index in [0.717, 1.165) is 25.7 Å². The molecule has 0 fully saturated rings. The van der Waals surface area contributed by atoms with E-state index in [1.54, 1.807) is 0 Å². The summed E-state index contributed by atoms with van der Waals surface area (Å²) in [5.74, 6) is 0. The number of rotatable bonds is 7. The van der Waals surface area contributed by atoms with E-state index in [1.807, 2.05) is 0 Å². The number of hydrogen-bond acceptors (Lipinski definition) is 2. The first kappa shape index (κ1) is 14.4. The average Bonchev–Trinajstić information content (AvgIpc) is 2.14. The number of nitrogens with two attached hydrogens (primary N) is 1. The van der Waals surface area contributed by atoms with Crippen LogP contribution in [0.25, 0.3) is 0 Å². The highest BCUT2D eigenvalue weighted by Gasteiger charge is 1.98. The molecule has 15 heavy (non-hydrogen) atoms. The van der Waals surface area contributed by atoms with E-state index < -0.39 is 0 Å². The first-order valence-electron chi connectivity index (χ1n) is 5.73. The SMILES string of the molecule is CC(C)=CCC/C(C)=C/C(N)CCCO. The Kier molecular flexibility index (Phi) is 8.34. The van der Waals surface area contributed by atoms with Crippen LogP contribution in [0.5, 0.6) is 0 Å². The van der Waals surface area contributed by atoms with Crippen LogP contribution < -0.4 is 5.73 Å². The topological polar surface area (TPSA) is 46.2 Å². The highest BCUT2D eigenvalue weighted by Crippen LogP contribution is 2.08. The molecule has 0 aliphatic heterocycles. The molecule has 0 radical (unpaired) electrons. The van der Waals surface area contributed by atoms with Crippen molar-refractivity contribution < 1.29 is 5.11 Å². The lowest BCUT2D eigenvalue weighted by Crippen LogP contribution is -2.17. The molecule has 0 aromatic heterocycles. The van der Waals surface area contributed by atoms with Crippen LogP contribution in [0.4, 0.5) is 0 Å². The second-order valence-electron chi connectivity index (χ2n) is 4.36. The van der Waals surface area contributed by atoms with Crippen molar-refractivity contribution in [3.05, 3.63) is 23.3 Å². The summed E-state index contributed by atoms with van der Waals surface area (Å²) in [6.07, 6.45) is 8.20. The molecule has 0 aliphatic rings. The van der Waals surface area contributed by atoms with Gasteiger partial charge in [-0.15, -0.1) is 0 Å². The van der Waals surface area contributed by atoms with Gasteiger partial charge < -0.3 is 10.8 Å². The largest absolute Gasteiger partial charge is 0.396 e. The minimum absolute atomic E-state index is 0.101. The van der Waals surface area contributed by atoms with Crippen molar-refractivity contribution in [1.29, 1.82) is 0 Å². The molecule has 0 bridgehead atoms. The van der Waals surface area contributed by atoms with E-state index in [0.29, 0.717) is 0 Å². The van der Waals surface area contributed by atoms with Gasteiger partial charge in [0.2, 0.25) is 0 Å². The van der Waals surface area contributed by atoms with E-state index in [2.05, 4.69) is 32.9 Å². The second-order valence-corrected chi connectivity index (χ2v) is 4.36. The van der Waals surface area contributed by atoms with Crippen LogP contribution in [-0.2, 0) is 0 Å². The molecule has 1 unspecified atom stereocenters. The molecule has 0 amide bonds. The van der Waals surface area contributed by atoms with Gasteiger partial charge in [-0.05, 0) is 46.5 Å². The normalized spacial score (nSPS) is 13.8. The summed E-state index contributed by atoms with van der Waals surface area (Å²) in [6.45, 7) is 6.59. The Morgan fingerprint density at radius 2 is 2.00 bits per heavy atom. The zero-order chi connectivity index (χ0) is 11.7. The molecule has 2 nitrogen and oxygen atoms in total. The van der Waals surface area contributed by atoms with E-state index in [4.69, 9.17) is 10.8 Å². The summed E-state index contributed by atoms with van der Waals surface area (Å²) in [7, 11) is 0. The van der Waals surface area contributed by atoms with Crippen molar-refractivity contribution in [2.24, 2.45) is 5.73 Å². The maximum Gasteiger partial charge on any atom is 0.0431 e. The van der Waals surface area contributed by atoms with Gasteiger partial charge in [0.05, 0.1) is 0 Å². The Balaban J connectivity index is 3.81. The minimum Gasteiger partial charge on any atom is -0.396 e. The third-order valence-electron chi connectivity index (χ3n) is 2.29. The smallest absolute Gasteiger partial charge is 0.0431 e. The number of allylic oxidation sites excluding steroid dienone is 3. The lowest BCUT2D eigenvalue weighted by molar-refractivity contribution is 0.282. The second kappa shape index (κ2) is 8.69. The molecule has 2 heteroatoms. The summed E-state index contributed by atoms with van der Waals surface area (Å²) >= 11 is 0. The van der Waals surface area contributed by atoms with Crippen LogP contribution in [0, 0.1) is 0 Å². The predicted molar refractivity (Wildman–Crippen MR) is 66.7 cm³/mol. The lowest BCUT2D eigenvalue weighted by Gasteiger charge is -2.07. The summed E-state index contributed by atoms with van der Waals surface area (Å²) in [5, 5.41) is 8.67. The van der Waals surface area contributed by atoms with Crippen LogP contribution >= 0.6 is 0 Å². The van der Waals surface area contributed by atoms with E-state index >= 15 is 0 Å². The van der Waals surface area contributed by atoms with Gasteiger partial charge in [-0.2, -0.15) is 0 Å². The number of hydrogen-bond donors (Lipinski definition) is 2. The molecule has 0 saturated carbocycles. The summed E-state index contributed by atoms with van der Waals surface area (Å²) in [4.78, 5) is 0. The van der Waals surface area contributed by atoms with Gasteiger partial charge in [-0.25, -0.2) is 0 Å². The third kappa shape index (κ3) is 9.70. The van der Waals surface area contributed by atoms with E-state index in [1.165, 1.54) is 11.1 Å². The van der Waals surface area contributed by atoms with Crippen LogP contribution in [0.1, 0.15) is 46.5 Å². The molecular formula is C13H25NO. The van der Waals surface area contributed by atoms with Gasteiger partial charge in [0.15, 0.2) is 0 Å². The van der Waals surface area contributed by atoms with Crippen molar-refractivity contribution in [3.8, 4) is 0 Å². The maximum atomic E-state index is 8.67. The van der Waals surface area contributed by atoms with Crippen LogP contribution in [0.3, 0.4) is 0 Å². The van der Waals surface area contributed by atoms with E-state index in [-0.39, 0.29) is 12.6 Å². The Labute approximate surface area is 93.9 Å². The van der Waals surface area contributed by atoms with Crippen LogP contribution in [0.2, 0.25) is 0 Å².